The maximum absolute atomic E-state index is 12.5. The van der Waals surface area contributed by atoms with Crippen LogP contribution in [0, 0.1) is 25.2 Å². The van der Waals surface area contributed by atoms with Crippen LogP contribution < -0.4 is 10.6 Å². The van der Waals surface area contributed by atoms with Gasteiger partial charge in [-0.2, -0.15) is 5.26 Å². The van der Waals surface area contributed by atoms with Gasteiger partial charge in [0.05, 0.1) is 0 Å². The van der Waals surface area contributed by atoms with Crippen LogP contribution in [-0.4, -0.2) is 16.4 Å². The lowest BCUT2D eigenvalue weighted by Gasteiger charge is -2.08. The lowest BCUT2D eigenvalue weighted by Crippen LogP contribution is -2.13. The minimum Gasteiger partial charge on any atom is -0.349 e. The van der Waals surface area contributed by atoms with E-state index in [2.05, 4.69) is 22.1 Å². The first-order chi connectivity index (χ1) is 13.3. The molecule has 0 saturated carbocycles. The monoisotopic (exact) mass is 378 g/mol. The Morgan fingerprint density at radius 1 is 1.14 bits per heavy atom. The topological polar surface area (TPSA) is 86.9 Å². The van der Waals surface area contributed by atoms with Gasteiger partial charge in [0.2, 0.25) is 5.91 Å². The van der Waals surface area contributed by atoms with Crippen molar-refractivity contribution in [1.29, 1.82) is 5.26 Å². The molecule has 0 aliphatic rings. The zero-order valence-corrected chi connectivity index (χ0v) is 16.8. The Kier molecular flexibility index (Phi) is 7.16. The van der Waals surface area contributed by atoms with Crippen molar-refractivity contribution < 1.29 is 9.59 Å². The number of nitrogens with one attached hydrogen (secondary N) is 2. The third kappa shape index (κ3) is 5.34. The second-order valence-electron chi connectivity index (χ2n) is 6.71. The van der Waals surface area contributed by atoms with Crippen LogP contribution in [0.25, 0.3) is 6.08 Å². The molecular weight excluding hydrogens is 352 g/mol. The summed E-state index contributed by atoms with van der Waals surface area (Å²) in [7, 11) is 0. The van der Waals surface area contributed by atoms with Crippen LogP contribution >= 0.6 is 0 Å². The molecule has 0 aliphatic carbocycles. The van der Waals surface area contributed by atoms with Gasteiger partial charge in [0.15, 0.2) is 0 Å². The van der Waals surface area contributed by atoms with E-state index in [1.165, 1.54) is 6.92 Å². The number of hydrogen-bond donors (Lipinski definition) is 2. The van der Waals surface area contributed by atoms with Crippen LogP contribution in [0.1, 0.15) is 43.6 Å². The van der Waals surface area contributed by atoms with E-state index in [-0.39, 0.29) is 11.5 Å². The van der Waals surface area contributed by atoms with Crippen molar-refractivity contribution in [2.24, 2.45) is 0 Å². The Morgan fingerprint density at radius 3 is 2.29 bits per heavy atom. The highest BCUT2D eigenvalue weighted by Gasteiger charge is 2.13. The number of rotatable bonds is 7. The summed E-state index contributed by atoms with van der Waals surface area (Å²) >= 11 is 0. The number of nitrogens with zero attached hydrogens (tertiary/aromatic N) is 2. The van der Waals surface area contributed by atoms with E-state index in [0.29, 0.717) is 11.4 Å². The molecule has 0 spiro atoms. The van der Waals surface area contributed by atoms with Gasteiger partial charge in [-0.15, -0.1) is 0 Å². The van der Waals surface area contributed by atoms with Crippen LogP contribution in [0.15, 0.2) is 35.9 Å². The summed E-state index contributed by atoms with van der Waals surface area (Å²) in [5.41, 5.74) is 4.27. The molecule has 0 aliphatic heterocycles. The van der Waals surface area contributed by atoms with Gasteiger partial charge in [-0.05, 0) is 62.2 Å². The lowest BCUT2D eigenvalue weighted by molar-refractivity contribution is -0.114. The zero-order valence-electron chi connectivity index (χ0n) is 16.8. The second-order valence-corrected chi connectivity index (χ2v) is 6.71. The van der Waals surface area contributed by atoms with E-state index in [0.717, 1.165) is 36.3 Å². The van der Waals surface area contributed by atoms with E-state index < -0.39 is 5.91 Å². The Morgan fingerprint density at radius 2 is 1.75 bits per heavy atom. The molecule has 2 amide bonds. The number of hydrogen-bond acceptors (Lipinski definition) is 3. The van der Waals surface area contributed by atoms with Crippen molar-refractivity contribution in [3.8, 4) is 6.07 Å². The summed E-state index contributed by atoms with van der Waals surface area (Å²) in [4.78, 5) is 23.6. The molecule has 28 heavy (non-hydrogen) atoms. The minimum atomic E-state index is -0.465. The Bertz CT molecular complexity index is 931. The number of aromatic nitrogens is 1. The normalized spacial score (nSPS) is 11.0. The largest absolute Gasteiger partial charge is 0.349 e. The smallest absolute Gasteiger partial charge is 0.266 e. The molecule has 2 aromatic rings. The van der Waals surface area contributed by atoms with Crippen LogP contribution in [0.5, 0.6) is 0 Å². The lowest BCUT2D eigenvalue weighted by atomic mass is 10.1. The predicted octanol–water partition coefficient (Wildman–Crippen LogP) is 4.41. The van der Waals surface area contributed by atoms with Gasteiger partial charge in [-0.25, -0.2) is 0 Å². The SMILES string of the molecule is CCCCn1c(C)cc(/C=C(\C#N)C(=O)Nc2ccc(NC(C)=O)cc2)c1C. The molecule has 6 heteroatoms. The number of carbonyl (C=O) groups excluding carboxylic acids is 2. The molecular formula is C22H26N4O2. The molecule has 1 aromatic carbocycles. The summed E-state index contributed by atoms with van der Waals surface area (Å²) in [5, 5.41) is 14.8. The molecule has 146 valence electrons. The molecule has 1 aromatic heterocycles. The first-order valence-corrected chi connectivity index (χ1v) is 9.33. The maximum Gasteiger partial charge on any atom is 0.266 e. The number of amides is 2. The van der Waals surface area contributed by atoms with Crippen LogP contribution in [0.3, 0.4) is 0 Å². The van der Waals surface area contributed by atoms with Gasteiger partial charge >= 0.3 is 0 Å². The summed E-state index contributed by atoms with van der Waals surface area (Å²) in [6, 6.07) is 10.7. The summed E-state index contributed by atoms with van der Waals surface area (Å²) in [6.07, 6.45) is 3.82. The van der Waals surface area contributed by atoms with Crippen molar-refractivity contribution in [2.45, 2.75) is 47.1 Å². The first kappa shape index (κ1) is 21.0. The van der Waals surface area contributed by atoms with E-state index in [1.54, 1.807) is 30.3 Å². The number of nitriles is 1. The van der Waals surface area contributed by atoms with Gasteiger partial charge in [0.25, 0.3) is 5.91 Å². The Hall–Kier alpha value is -3.33. The standard InChI is InChI=1S/C22H26N4O2/c1-5-6-11-26-15(2)12-18(16(26)3)13-19(14-23)22(28)25-21-9-7-20(8-10-21)24-17(4)27/h7-10,12-13H,5-6,11H2,1-4H3,(H,24,27)(H,25,28)/b19-13+. The maximum atomic E-state index is 12.5. The average Bonchev–Trinajstić information content (AvgIpc) is 2.92. The summed E-state index contributed by atoms with van der Waals surface area (Å²) in [6.45, 7) is 8.54. The fraction of sp³-hybridized carbons (Fsp3) is 0.318. The number of benzene rings is 1. The van der Waals surface area contributed by atoms with E-state index in [4.69, 9.17) is 0 Å². The molecule has 6 nitrogen and oxygen atoms in total. The van der Waals surface area contributed by atoms with E-state index in [9.17, 15) is 14.9 Å². The van der Waals surface area contributed by atoms with Crippen molar-refractivity contribution in [3.05, 3.63) is 52.9 Å². The van der Waals surface area contributed by atoms with Gasteiger partial charge in [0.1, 0.15) is 11.6 Å². The van der Waals surface area contributed by atoms with Crippen LogP contribution in [0.4, 0.5) is 11.4 Å². The third-order valence-electron chi connectivity index (χ3n) is 4.48. The highest BCUT2D eigenvalue weighted by atomic mass is 16.2. The van der Waals surface area contributed by atoms with Gasteiger partial charge < -0.3 is 15.2 Å². The highest BCUT2D eigenvalue weighted by Crippen LogP contribution is 2.20. The number of anilines is 2. The number of carbonyl (C=O) groups is 2. The third-order valence-corrected chi connectivity index (χ3v) is 4.48. The van der Waals surface area contributed by atoms with Gasteiger partial charge in [-0.3, -0.25) is 9.59 Å². The van der Waals surface area contributed by atoms with Crippen molar-refractivity contribution in [2.75, 3.05) is 10.6 Å². The molecule has 0 atom stereocenters. The van der Waals surface area contributed by atoms with E-state index in [1.807, 2.05) is 26.0 Å². The number of aryl methyl sites for hydroxylation is 1. The van der Waals surface area contributed by atoms with Crippen LogP contribution in [-0.2, 0) is 16.1 Å². The fourth-order valence-electron chi connectivity index (χ4n) is 2.98. The molecule has 0 radical (unpaired) electrons. The molecule has 0 bridgehead atoms. The zero-order chi connectivity index (χ0) is 20.7. The quantitative estimate of drug-likeness (QED) is 0.553. The molecule has 2 rings (SSSR count). The average molecular weight is 378 g/mol. The predicted molar refractivity (Wildman–Crippen MR) is 112 cm³/mol. The highest BCUT2D eigenvalue weighted by molar-refractivity contribution is 6.09. The molecule has 1 heterocycles. The summed E-state index contributed by atoms with van der Waals surface area (Å²) < 4.78 is 2.21. The van der Waals surface area contributed by atoms with Gasteiger partial charge in [-0.1, -0.05) is 13.3 Å². The fourth-order valence-corrected chi connectivity index (χ4v) is 2.98. The molecule has 0 saturated heterocycles. The first-order valence-electron chi connectivity index (χ1n) is 9.33. The molecule has 0 unspecified atom stereocenters. The second kappa shape index (κ2) is 9.56. The van der Waals surface area contributed by atoms with Crippen LogP contribution in [0.2, 0.25) is 0 Å². The van der Waals surface area contributed by atoms with E-state index >= 15 is 0 Å². The number of unbranched alkanes of at least 4 members (excludes halogenated alkanes) is 1. The molecule has 2 N–H and O–H groups in total. The summed E-state index contributed by atoms with van der Waals surface area (Å²) in [5.74, 6) is -0.629. The molecule has 0 fully saturated rings. The van der Waals surface area contributed by atoms with Crippen molar-refractivity contribution in [1.82, 2.24) is 4.57 Å². The van der Waals surface area contributed by atoms with Gasteiger partial charge in [0, 0.05) is 36.2 Å². The Labute approximate surface area is 165 Å². The minimum absolute atomic E-state index is 0.0432. The Balaban J connectivity index is 2.17. The van der Waals surface area contributed by atoms with Crippen molar-refractivity contribution in [3.63, 3.8) is 0 Å². The van der Waals surface area contributed by atoms with Crippen molar-refractivity contribution >= 4 is 29.3 Å².